The molecule has 0 atom stereocenters. The molecule has 6 nitrogen and oxygen atoms in total. The van der Waals surface area contributed by atoms with Gasteiger partial charge in [-0.1, -0.05) is 0 Å². The number of aromatic nitrogens is 1. The third-order valence-electron chi connectivity index (χ3n) is 4.70. The number of nitrogens with zero attached hydrogens (tertiary/aromatic N) is 2. The van der Waals surface area contributed by atoms with Crippen molar-refractivity contribution in [3.8, 4) is 0 Å². The predicted octanol–water partition coefficient (Wildman–Crippen LogP) is 2.82. The summed E-state index contributed by atoms with van der Waals surface area (Å²) in [7, 11) is -4.27. The minimum absolute atomic E-state index is 0.00608. The molecule has 2 heterocycles. The molecule has 1 aliphatic rings. The second-order valence-corrected chi connectivity index (χ2v) is 8.41. The number of amides is 1. The fourth-order valence-electron chi connectivity index (χ4n) is 3.25. The van der Waals surface area contributed by atoms with E-state index in [0.29, 0.717) is 26.3 Å². The summed E-state index contributed by atoms with van der Waals surface area (Å²) in [5.41, 5.74) is 0.0694. The number of carbonyl (C=O) groups is 1. The Balaban J connectivity index is 1.97. The second kappa shape index (κ2) is 7.49. The highest BCUT2D eigenvalue weighted by Gasteiger charge is 2.31. The zero-order valence-corrected chi connectivity index (χ0v) is 16.0. The Bertz CT molecular complexity index is 1190. The van der Waals surface area contributed by atoms with Gasteiger partial charge in [-0.05, 0) is 42.5 Å². The molecule has 1 amide bonds. The van der Waals surface area contributed by atoms with Crippen molar-refractivity contribution in [3.05, 3.63) is 65.9 Å². The summed E-state index contributed by atoms with van der Waals surface area (Å²) in [6.07, 6.45) is 1.19. The van der Waals surface area contributed by atoms with Crippen LogP contribution >= 0.6 is 0 Å². The molecular weight excluding hydrogens is 402 g/mol. The van der Waals surface area contributed by atoms with E-state index in [1.807, 2.05) is 0 Å². The van der Waals surface area contributed by atoms with Gasteiger partial charge in [0.15, 0.2) is 0 Å². The smallest absolute Gasteiger partial charge is 0.256 e. The average Bonchev–Trinajstić information content (AvgIpc) is 2.73. The summed E-state index contributed by atoms with van der Waals surface area (Å²) < 4.78 is 59.3. The summed E-state index contributed by atoms with van der Waals surface area (Å²) in [6.45, 7) is 1.27. The fourth-order valence-corrected chi connectivity index (χ4v) is 4.86. The molecule has 1 saturated heterocycles. The lowest BCUT2D eigenvalue weighted by Crippen LogP contribution is -2.41. The highest BCUT2D eigenvalue weighted by Crippen LogP contribution is 2.32. The molecule has 29 heavy (non-hydrogen) atoms. The monoisotopic (exact) mass is 418 g/mol. The Morgan fingerprint density at radius 2 is 1.66 bits per heavy atom. The molecule has 1 aliphatic heterocycles. The van der Waals surface area contributed by atoms with Crippen LogP contribution in [0.1, 0.15) is 10.4 Å². The number of fused-ring (bicyclic) bond motifs is 1. The zero-order valence-electron chi connectivity index (χ0n) is 15.1. The normalized spacial score (nSPS) is 14.9. The van der Waals surface area contributed by atoms with E-state index >= 15 is 0 Å². The van der Waals surface area contributed by atoms with Crippen molar-refractivity contribution >= 4 is 26.6 Å². The van der Waals surface area contributed by atoms with E-state index in [9.17, 15) is 22.0 Å². The van der Waals surface area contributed by atoms with Crippen LogP contribution in [0.5, 0.6) is 0 Å². The summed E-state index contributed by atoms with van der Waals surface area (Å²) in [6, 6.07) is 7.79. The Morgan fingerprint density at radius 1 is 1.00 bits per heavy atom. The number of morpholine rings is 1. The number of sulfone groups is 1. The number of rotatable bonds is 3. The van der Waals surface area contributed by atoms with Crippen LogP contribution in [0.3, 0.4) is 0 Å². The van der Waals surface area contributed by atoms with Gasteiger partial charge in [-0.2, -0.15) is 0 Å². The molecule has 0 unspecified atom stereocenters. The van der Waals surface area contributed by atoms with Gasteiger partial charge in [0.2, 0.25) is 9.84 Å². The lowest BCUT2D eigenvalue weighted by Gasteiger charge is -2.27. The van der Waals surface area contributed by atoms with E-state index in [2.05, 4.69) is 4.98 Å². The summed E-state index contributed by atoms with van der Waals surface area (Å²) in [4.78, 5) is 18.2. The van der Waals surface area contributed by atoms with E-state index in [-0.39, 0.29) is 26.3 Å². The standard InChI is InChI=1S/C20H16F2N2O4S/c21-13-1-4-15(5-2-13)29(26,27)19-16-11-14(22)3-6-18(16)23-12-17(19)20(25)24-7-9-28-10-8-24/h1-6,11-12H,7-10H2. The molecule has 150 valence electrons. The summed E-state index contributed by atoms with van der Waals surface area (Å²) in [5, 5.41) is -0.00608. The van der Waals surface area contributed by atoms with Crippen molar-refractivity contribution in [1.29, 1.82) is 0 Å². The molecule has 0 N–H and O–H groups in total. The van der Waals surface area contributed by atoms with Gasteiger partial charge >= 0.3 is 0 Å². The largest absolute Gasteiger partial charge is 0.378 e. The van der Waals surface area contributed by atoms with Gasteiger partial charge in [-0.3, -0.25) is 9.78 Å². The third-order valence-corrected chi connectivity index (χ3v) is 6.57. The van der Waals surface area contributed by atoms with Crippen molar-refractivity contribution in [2.45, 2.75) is 9.79 Å². The van der Waals surface area contributed by atoms with Gasteiger partial charge in [0.05, 0.1) is 34.1 Å². The molecule has 1 aromatic heterocycles. The van der Waals surface area contributed by atoms with Crippen LogP contribution in [-0.4, -0.2) is 50.5 Å². The van der Waals surface area contributed by atoms with Gasteiger partial charge in [-0.15, -0.1) is 0 Å². The molecule has 1 fully saturated rings. The lowest BCUT2D eigenvalue weighted by molar-refractivity contribution is 0.0300. The fraction of sp³-hybridized carbons (Fsp3) is 0.200. The number of hydrogen-bond donors (Lipinski definition) is 0. The molecular formula is C20H16F2N2O4S. The predicted molar refractivity (Wildman–Crippen MR) is 100 cm³/mol. The van der Waals surface area contributed by atoms with E-state index in [4.69, 9.17) is 4.74 Å². The SMILES string of the molecule is O=C(c1cnc2ccc(F)cc2c1S(=O)(=O)c1ccc(F)cc1)N1CCOCC1. The quantitative estimate of drug-likeness (QED) is 0.612. The Hall–Kier alpha value is -2.91. The van der Waals surface area contributed by atoms with Crippen LogP contribution < -0.4 is 0 Å². The highest BCUT2D eigenvalue weighted by molar-refractivity contribution is 7.91. The maximum Gasteiger partial charge on any atom is 0.256 e. The van der Waals surface area contributed by atoms with Crippen molar-refractivity contribution < 1.29 is 26.7 Å². The zero-order chi connectivity index (χ0) is 20.6. The molecule has 0 saturated carbocycles. The second-order valence-electron chi connectivity index (χ2n) is 6.52. The minimum Gasteiger partial charge on any atom is -0.378 e. The van der Waals surface area contributed by atoms with Crippen molar-refractivity contribution in [2.75, 3.05) is 26.3 Å². The first-order valence-electron chi connectivity index (χ1n) is 8.84. The third kappa shape index (κ3) is 3.58. The molecule has 2 aromatic carbocycles. The highest BCUT2D eigenvalue weighted by atomic mass is 32.2. The van der Waals surface area contributed by atoms with Crippen LogP contribution in [0.2, 0.25) is 0 Å². The van der Waals surface area contributed by atoms with Crippen LogP contribution in [0.15, 0.2) is 58.5 Å². The maximum absolute atomic E-state index is 14.0. The molecule has 0 radical (unpaired) electrons. The number of hydrogen-bond acceptors (Lipinski definition) is 5. The molecule has 4 rings (SSSR count). The average molecular weight is 418 g/mol. The van der Waals surface area contributed by atoms with Crippen molar-refractivity contribution in [1.82, 2.24) is 9.88 Å². The molecule has 3 aromatic rings. The number of pyridine rings is 1. The van der Waals surface area contributed by atoms with Crippen LogP contribution in [0, 0.1) is 11.6 Å². The molecule has 9 heteroatoms. The van der Waals surface area contributed by atoms with Crippen LogP contribution in [-0.2, 0) is 14.6 Å². The Kier molecular flexibility index (Phi) is 5.01. The minimum atomic E-state index is -4.27. The van der Waals surface area contributed by atoms with E-state index in [1.54, 1.807) is 0 Å². The van der Waals surface area contributed by atoms with Crippen LogP contribution in [0.25, 0.3) is 10.9 Å². The topological polar surface area (TPSA) is 76.6 Å². The first-order chi connectivity index (χ1) is 13.9. The maximum atomic E-state index is 14.0. The van der Waals surface area contributed by atoms with E-state index in [1.165, 1.54) is 17.2 Å². The summed E-state index contributed by atoms with van der Waals surface area (Å²) in [5.74, 6) is -1.79. The van der Waals surface area contributed by atoms with Gasteiger partial charge < -0.3 is 9.64 Å². The van der Waals surface area contributed by atoms with Gasteiger partial charge in [-0.25, -0.2) is 17.2 Å². The summed E-state index contributed by atoms with van der Waals surface area (Å²) >= 11 is 0. The number of benzene rings is 2. The van der Waals surface area contributed by atoms with Crippen molar-refractivity contribution in [2.24, 2.45) is 0 Å². The Morgan fingerprint density at radius 3 is 2.34 bits per heavy atom. The molecule has 0 bridgehead atoms. The van der Waals surface area contributed by atoms with E-state index < -0.39 is 27.4 Å². The van der Waals surface area contributed by atoms with Gasteiger partial charge in [0.1, 0.15) is 11.6 Å². The first-order valence-corrected chi connectivity index (χ1v) is 10.3. The first kappa shape index (κ1) is 19.4. The van der Waals surface area contributed by atoms with Gasteiger partial charge in [0, 0.05) is 24.7 Å². The molecule has 0 spiro atoms. The van der Waals surface area contributed by atoms with E-state index in [0.717, 1.165) is 36.4 Å². The molecule has 0 aliphatic carbocycles. The van der Waals surface area contributed by atoms with Crippen molar-refractivity contribution in [3.63, 3.8) is 0 Å². The Labute approximate surface area is 165 Å². The lowest BCUT2D eigenvalue weighted by atomic mass is 10.1. The number of carbonyl (C=O) groups excluding carboxylic acids is 1. The van der Waals surface area contributed by atoms with Crippen LogP contribution in [0.4, 0.5) is 8.78 Å². The number of ether oxygens (including phenoxy) is 1. The van der Waals surface area contributed by atoms with Gasteiger partial charge in [0.25, 0.3) is 5.91 Å². The number of halogens is 2.